The average Bonchev–Trinajstić information content (AvgIpc) is 2.59. The molecule has 0 aliphatic heterocycles. The molecule has 0 aromatic heterocycles. The van der Waals surface area contributed by atoms with Crippen molar-refractivity contribution in [1.82, 2.24) is 0 Å². The molecule has 2 fully saturated rings. The summed E-state index contributed by atoms with van der Waals surface area (Å²) < 4.78 is 6.16. The maximum Gasteiger partial charge on any atom is 0.0575 e. The first-order valence-electron chi connectivity index (χ1n) is 10.9. The third-order valence-electron chi connectivity index (χ3n) is 6.55. The molecule has 0 aromatic carbocycles. The Morgan fingerprint density at radius 2 is 1.17 bits per heavy atom. The molecule has 0 aromatic rings. The maximum atomic E-state index is 6.16. The van der Waals surface area contributed by atoms with Crippen LogP contribution in [0.15, 0.2) is 0 Å². The molecule has 0 N–H and O–H groups in total. The van der Waals surface area contributed by atoms with Gasteiger partial charge in [-0.1, -0.05) is 65.2 Å². The second-order valence-corrected chi connectivity index (χ2v) is 8.55. The quantitative estimate of drug-likeness (QED) is 0.388. The fourth-order valence-electron chi connectivity index (χ4n) is 4.79. The predicted molar refractivity (Wildman–Crippen MR) is 101 cm³/mol. The van der Waals surface area contributed by atoms with Crippen molar-refractivity contribution in [2.45, 2.75) is 116 Å². The lowest BCUT2D eigenvalue weighted by Gasteiger charge is -2.37. The third kappa shape index (κ3) is 7.59. The SMILES string of the molecule is CCCCCCCCCOC1CCC(C2CCC(C)CC2)CC1. The summed E-state index contributed by atoms with van der Waals surface area (Å²) in [5.74, 6) is 3.07. The van der Waals surface area contributed by atoms with E-state index in [1.54, 1.807) is 0 Å². The highest BCUT2D eigenvalue weighted by Gasteiger charge is 2.30. The van der Waals surface area contributed by atoms with Crippen LogP contribution in [0.5, 0.6) is 0 Å². The van der Waals surface area contributed by atoms with Crippen molar-refractivity contribution in [3.05, 3.63) is 0 Å². The molecule has 0 spiro atoms. The lowest BCUT2D eigenvalue weighted by molar-refractivity contribution is 0.00563. The maximum absolute atomic E-state index is 6.16. The van der Waals surface area contributed by atoms with Crippen LogP contribution in [0.25, 0.3) is 0 Å². The fraction of sp³-hybridized carbons (Fsp3) is 1.00. The predicted octanol–water partition coefficient (Wildman–Crippen LogP) is 7.14. The molecule has 23 heavy (non-hydrogen) atoms. The van der Waals surface area contributed by atoms with E-state index in [2.05, 4.69) is 13.8 Å². The van der Waals surface area contributed by atoms with E-state index in [1.165, 1.54) is 96.3 Å². The van der Waals surface area contributed by atoms with Crippen LogP contribution in [-0.2, 0) is 4.74 Å². The van der Waals surface area contributed by atoms with E-state index in [4.69, 9.17) is 4.74 Å². The van der Waals surface area contributed by atoms with E-state index >= 15 is 0 Å². The molecule has 1 heteroatoms. The van der Waals surface area contributed by atoms with Crippen LogP contribution in [0, 0.1) is 17.8 Å². The van der Waals surface area contributed by atoms with Gasteiger partial charge in [0.05, 0.1) is 6.10 Å². The number of hydrogen-bond acceptors (Lipinski definition) is 1. The molecule has 2 aliphatic carbocycles. The molecule has 2 rings (SSSR count). The molecule has 2 saturated carbocycles. The summed E-state index contributed by atoms with van der Waals surface area (Å²) >= 11 is 0. The van der Waals surface area contributed by atoms with E-state index in [0.717, 1.165) is 24.4 Å². The number of unbranched alkanes of at least 4 members (excludes halogenated alkanes) is 6. The zero-order valence-corrected chi connectivity index (χ0v) is 16.0. The van der Waals surface area contributed by atoms with Gasteiger partial charge in [-0.25, -0.2) is 0 Å². The van der Waals surface area contributed by atoms with Gasteiger partial charge in [-0.05, 0) is 62.7 Å². The lowest BCUT2D eigenvalue weighted by Crippen LogP contribution is -2.28. The van der Waals surface area contributed by atoms with Gasteiger partial charge in [-0.3, -0.25) is 0 Å². The molecule has 0 heterocycles. The molecule has 136 valence electrons. The van der Waals surface area contributed by atoms with Crippen LogP contribution in [0.4, 0.5) is 0 Å². The summed E-state index contributed by atoms with van der Waals surface area (Å²) in [6, 6.07) is 0. The first-order valence-corrected chi connectivity index (χ1v) is 10.9. The molecule has 2 aliphatic rings. The Kier molecular flexibility index (Phi) is 9.65. The zero-order valence-electron chi connectivity index (χ0n) is 16.0. The Morgan fingerprint density at radius 3 is 1.78 bits per heavy atom. The monoisotopic (exact) mass is 322 g/mol. The van der Waals surface area contributed by atoms with Crippen LogP contribution >= 0.6 is 0 Å². The first-order chi connectivity index (χ1) is 11.3. The molecule has 0 atom stereocenters. The number of hydrogen-bond donors (Lipinski definition) is 0. The van der Waals surface area contributed by atoms with Crippen LogP contribution in [0.1, 0.15) is 110 Å². The van der Waals surface area contributed by atoms with Crippen molar-refractivity contribution in [1.29, 1.82) is 0 Å². The molecule has 0 saturated heterocycles. The molecule has 0 radical (unpaired) electrons. The van der Waals surface area contributed by atoms with Crippen molar-refractivity contribution in [2.75, 3.05) is 6.61 Å². The second-order valence-electron chi connectivity index (χ2n) is 8.55. The van der Waals surface area contributed by atoms with E-state index in [0.29, 0.717) is 6.10 Å². The van der Waals surface area contributed by atoms with Crippen molar-refractivity contribution < 1.29 is 4.74 Å². The van der Waals surface area contributed by atoms with Crippen molar-refractivity contribution >= 4 is 0 Å². The van der Waals surface area contributed by atoms with Crippen LogP contribution in [0.2, 0.25) is 0 Å². The van der Waals surface area contributed by atoms with Gasteiger partial charge in [-0.2, -0.15) is 0 Å². The van der Waals surface area contributed by atoms with Gasteiger partial charge in [0.15, 0.2) is 0 Å². The highest BCUT2D eigenvalue weighted by molar-refractivity contribution is 4.81. The van der Waals surface area contributed by atoms with E-state index in [1.807, 2.05) is 0 Å². The van der Waals surface area contributed by atoms with Crippen LogP contribution in [0.3, 0.4) is 0 Å². The Hall–Kier alpha value is -0.0400. The minimum atomic E-state index is 0.592. The Labute approximate surface area is 146 Å². The van der Waals surface area contributed by atoms with Crippen molar-refractivity contribution in [3.63, 3.8) is 0 Å². The smallest absolute Gasteiger partial charge is 0.0575 e. The van der Waals surface area contributed by atoms with Gasteiger partial charge in [0.25, 0.3) is 0 Å². The van der Waals surface area contributed by atoms with Gasteiger partial charge in [0.2, 0.25) is 0 Å². The minimum absolute atomic E-state index is 0.592. The van der Waals surface area contributed by atoms with E-state index in [9.17, 15) is 0 Å². The number of rotatable bonds is 10. The van der Waals surface area contributed by atoms with Gasteiger partial charge in [0, 0.05) is 6.61 Å². The summed E-state index contributed by atoms with van der Waals surface area (Å²) in [5.41, 5.74) is 0. The van der Waals surface area contributed by atoms with Gasteiger partial charge in [0.1, 0.15) is 0 Å². The van der Waals surface area contributed by atoms with Crippen LogP contribution in [-0.4, -0.2) is 12.7 Å². The molecule has 0 unspecified atom stereocenters. The summed E-state index contributed by atoms with van der Waals surface area (Å²) in [6.07, 6.45) is 21.9. The molecule has 0 amide bonds. The second kappa shape index (κ2) is 11.5. The van der Waals surface area contributed by atoms with Crippen molar-refractivity contribution in [2.24, 2.45) is 17.8 Å². The summed E-state index contributed by atoms with van der Waals surface area (Å²) in [4.78, 5) is 0. The highest BCUT2D eigenvalue weighted by Crippen LogP contribution is 2.40. The molecule has 0 bridgehead atoms. The van der Waals surface area contributed by atoms with Crippen LogP contribution < -0.4 is 0 Å². The highest BCUT2D eigenvalue weighted by atomic mass is 16.5. The summed E-state index contributed by atoms with van der Waals surface area (Å²) in [6.45, 7) is 5.74. The Bertz CT molecular complexity index is 272. The van der Waals surface area contributed by atoms with Gasteiger partial charge >= 0.3 is 0 Å². The van der Waals surface area contributed by atoms with Gasteiger partial charge in [-0.15, -0.1) is 0 Å². The Morgan fingerprint density at radius 1 is 0.652 bits per heavy atom. The molecular formula is C22H42O. The Balaban J connectivity index is 1.45. The fourth-order valence-corrected chi connectivity index (χ4v) is 4.79. The first kappa shape index (κ1) is 19.3. The zero-order chi connectivity index (χ0) is 16.3. The minimum Gasteiger partial charge on any atom is -0.378 e. The van der Waals surface area contributed by atoms with Gasteiger partial charge < -0.3 is 4.74 Å². The third-order valence-corrected chi connectivity index (χ3v) is 6.55. The number of ether oxygens (including phenoxy) is 1. The van der Waals surface area contributed by atoms with Crippen molar-refractivity contribution in [3.8, 4) is 0 Å². The molecule has 1 nitrogen and oxygen atoms in total. The lowest BCUT2D eigenvalue weighted by atomic mass is 9.71. The average molecular weight is 323 g/mol. The van der Waals surface area contributed by atoms with E-state index in [-0.39, 0.29) is 0 Å². The standard InChI is InChI=1S/C22H42O/c1-3-4-5-6-7-8-9-18-23-22-16-14-21(15-17-22)20-12-10-19(2)11-13-20/h19-22H,3-18H2,1-2H3. The summed E-state index contributed by atoms with van der Waals surface area (Å²) in [7, 11) is 0. The largest absolute Gasteiger partial charge is 0.378 e. The summed E-state index contributed by atoms with van der Waals surface area (Å²) in [5, 5.41) is 0. The molecular weight excluding hydrogens is 280 g/mol. The normalized spacial score (nSPS) is 32.1. The van der Waals surface area contributed by atoms with E-state index < -0.39 is 0 Å². The topological polar surface area (TPSA) is 9.23 Å².